The first-order valence-corrected chi connectivity index (χ1v) is 7.81. The van der Waals surface area contributed by atoms with E-state index in [1.165, 1.54) is 0 Å². The summed E-state index contributed by atoms with van der Waals surface area (Å²) in [6, 6.07) is 12.7. The molecule has 0 aliphatic heterocycles. The molecule has 0 aliphatic carbocycles. The molecule has 9 heteroatoms. The number of fused-ring (bicyclic) bond motifs is 2. The van der Waals surface area contributed by atoms with Gasteiger partial charge in [0.2, 0.25) is 0 Å². The Morgan fingerprint density at radius 3 is 2.46 bits per heavy atom. The molecule has 4 aromatic rings. The lowest BCUT2D eigenvalue weighted by Crippen LogP contribution is -2.35. The normalized spacial score (nSPS) is 10.4. The highest BCUT2D eigenvalue weighted by molar-refractivity contribution is 5.74. The Labute approximate surface area is 149 Å². The molecule has 0 saturated heterocycles. The molecule has 0 aliphatic rings. The fourth-order valence-corrected chi connectivity index (χ4v) is 2.29. The lowest BCUT2D eigenvalue weighted by Gasteiger charge is -2.08. The first-order valence-electron chi connectivity index (χ1n) is 7.81. The van der Waals surface area contributed by atoms with Crippen molar-refractivity contribution in [3.05, 3.63) is 64.6 Å². The number of anilines is 1. The standard InChI is InChI=1S/C10H12N4O.C7H5N3O/c1-7-4-5-8-9(6-7)14(15)12-10(11-8)13(2)3;11-10-7-4-2-1-3-6(7)5-8-9-10/h4-6H,1-3H3;1-5H. The van der Waals surface area contributed by atoms with E-state index >= 15 is 0 Å². The summed E-state index contributed by atoms with van der Waals surface area (Å²) >= 11 is 0. The van der Waals surface area contributed by atoms with Gasteiger partial charge < -0.3 is 15.3 Å². The maximum atomic E-state index is 11.6. The van der Waals surface area contributed by atoms with Gasteiger partial charge in [-0.05, 0) is 35.5 Å². The van der Waals surface area contributed by atoms with Crippen LogP contribution in [0.15, 0.2) is 48.7 Å². The molecule has 0 N–H and O–H groups in total. The third-order valence-electron chi connectivity index (χ3n) is 3.61. The number of para-hydroxylation sites is 1. The van der Waals surface area contributed by atoms with E-state index in [1.807, 2.05) is 31.2 Å². The number of rotatable bonds is 1. The number of hydrogen-bond donors (Lipinski definition) is 0. The number of aromatic nitrogens is 6. The smallest absolute Gasteiger partial charge is 0.292 e. The van der Waals surface area contributed by atoms with Gasteiger partial charge in [-0.3, -0.25) is 0 Å². The van der Waals surface area contributed by atoms with Crippen molar-refractivity contribution in [2.45, 2.75) is 6.92 Å². The predicted octanol–water partition coefficient (Wildman–Crippen LogP) is 0.901. The van der Waals surface area contributed by atoms with Crippen LogP contribution in [0.25, 0.3) is 21.9 Å². The Balaban J connectivity index is 0.000000158. The highest BCUT2D eigenvalue weighted by atomic mass is 16.5. The van der Waals surface area contributed by atoms with Crippen molar-refractivity contribution in [2.75, 3.05) is 19.0 Å². The molecule has 0 radical (unpaired) electrons. The SMILES string of the molecule is Cc1ccc2nc(N(C)C)n[n+]([O-])c2c1.[O-][n+]1nncc2ccccc21. The zero-order valence-electron chi connectivity index (χ0n) is 14.6. The molecule has 2 aromatic carbocycles. The van der Waals surface area contributed by atoms with Crippen LogP contribution in [0.4, 0.5) is 5.95 Å². The molecule has 0 saturated carbocycles. The molecule has 0 unspecified atom stereocenters. The second-order valence-electron chi connectivity index (χ2n) is 5.84. The van der Waals surface area contributed by atoms with Gasteiger partial charge >= 0.3 is 0 Å². The summed E-state index contributed by atoms with van der Waals surface area (Å²) in [5.41, 5.74) is 2.73. The zero-order valence-corrected chi connectivity index (χ0v) is 14.6. The van der Waals surface area contributed by atoms with Crippen LogP contribution in [-0.2, 0) is 0 Å². The fourth-order valence-electron chi connectivity index (χ4n) is 2.29. The van der Waals surface area contributed by atoms with E-state index in [2.05, 4.69) is 20.4 Å². The van der Waals surface area contributed by atoms with E-state index in [-0.39, 0.29) is 0 Å². The third kappa shape index (κ3) is 3.56. The molecule has 0 atom stereocenters. The van der Waals surface area contributed by atoms with E-state index in [0.29, 0.717) is 32.2 Å². The van der Waals surface area contributed by atoms with Crippen molar-refractivity contribution in [3.8, 4) is 0 Å². The number of aryl methyl sites for hydroxylation is 1. The molecular weight excluding hydrogens is 334 g/mol. The van der Waals surface area contributed by atoms with Crippen molar-refractivity contribution in [2.24, 2.45) is 0 Å². The summed E-state index contributed by atoms with van der Waals surface area (Å²) in [5, 5.41) is 34.0. The molecule has 26 heavy (non-hydrogen) atoms. The van der Waals surface area contributed by atoms with Crippen LogP contribution in [-0.4, -0.2) is 34.5 Å². The van der Waals surface area contributed by atoms with Crippen molar-refractivity contribution in [1.82, 2.24) is 20.4 Å². The van der Waals surface area contributed by atoms with Crippen molar-refractivity contribution in [3.63, 3.8) is 0 Å². The van der Waals surface area contributed by atoms with Crippen LogP contribution in [0.5, 0.6) is 0 Å². The van der Waals surface area contributed by atoms with Gasteiger partial charge in [0.1, 0.15) is 10.7 Å². The van der Waals surface area contributed by atoms with Crippen LogP contribution in [0.2, 0.25) is 0 Å². The summed E-state index contributed by atoms with van der Waals surface area (Å²) in [4.78, 5) is 7.10. The van der Waals surface area contributed by atoms with Gasteiger partial charge in [-0.15, -0.1) is 4.85 Å². The number of benzene rings is 2. The highest BCUT2D eigenvalue weighted by Crippen LogP contribution is 2.11. The molecule has 4 rings (SSSR count). The van der Waals surface area contributed by atoms with Gasteiger partial charge in [0, 0.05) is 20.2 Å². The van der Waals surface area contributed by atoms with Gasteiger partial charge in [0.25, 0.3) is 11.5 Å². The van der Waals surface area contributed by atoms with E-state index in [1.54, 1.807) is 43.4 Å². The van der Waals surface area contributed by atoms with E-state index in [9.17, 15) is 10.4 Å². The summed E-state index contributed by atoms with van der Waals surface area (Å²) < 4.78 is 0. The Morgan fingerprint density at radius 2 is 1.73 bits per heavy atom. The molecule has 0 fully saturated rings. The quantitative estimate of drug-likeness (QED) is 0.370. The van der Waals surface area contributed by atoms with Crippen molar-refractivity contribution >= 4 is 27.9 Å². The van der Waals surface area contributed by atoms with Crippen LogP contribution in [0.1, 0.15) is 5.56 Å². The predicted molar refractivity (Wildman–Crippen MR) is 96.1 cm³/mol. The summed E-state index contributed by atoms with van der Waals surface area (Å²) in [7, 11) is 3.60. The van der Waals surface area contributed by atoms with Gasteiger partial charge in [-0.2, -0.15) is 0 Å². The second-order valence-corrected chi connectivity index (χ2v) is 5.84. The summed E-state index contributed by atoms with van der Waals surface area (Å²) in [6.07, 6.45) is 1.56. The van der Waals surface area contributed by atoms with Crippen molar-refractivity contribution < 1.29 is 9.69 Å². The minimum absolute atomic E-state index is 0.418. The summed E-state index contributed by atoms with van der Waals surface area (Å²) in [5.74, 6) is 0.418. The van der Waals surface area contributed by atoms with Gasteiger partial charge in [-0.25, -0.2) is 4.98 Å². The Kier molecular flexibility index (Phi) is 4.70. The maximum absolute atomic E-state index is 11.6. The first-order chi connectivity index (χ1) is 12.5. The topological polar surface area (TPSA) is 109 Å². The third-order valence-corrected chi connectivity index (χ3v) is 3.61. The van der Waals surface area contributed by atoms with Gasteiger partial charge in [-0.1, -0.05) is 18.2 Å². The van der Waals surface area contributed by atoms with E-state index in [4.69, 9.17) is 0 Å². The average molecular weight is 351 g/mol. The molecule has 9 nitrogen and oxygen atoms in total. The molecular formula is C17H17N7O2. The second kappa shape index (κ2) is 7.09. The molecule has 2 aromatic heterocycles. The van der Waals surface area contributed by atoms with E-state index in [0.717, 1.165) is 10.9 Å². The van der Waals surface area contributed by atoms with E-state index < -0.39 is 0 Å². The highest BCUT2D eigenvalue weighted by Gasteiger charge is 2.11. The number of hydrogen-bond acceptors (Lipinski definition) is 7. The molecule has 2 heterocycles. The lowest BCUT2D eigenvalue weighted by atomic mass is 10.2. The van der Waals surface area contributed by atoms with Gasteiger partial charge in [0.05, 0.1) is 15.6 Å². The molecule has 0 spiro atoms. The van der Waals surface area contributed by atoms with Crippen LogP contribution in [0.3, 0.4) is 0 Å². The van der Waals surface area contributed by atoms with Crippen LogP contribution >= 0.6 is 0 Å². The molecule has 0 bridgehead atoms. The average Bonchev–Trinajstić information content (AvgIpc) is 2.63. The Bertz CT molecular complexity index is 1060. The minimum Gasteiger partial charge on any atom is -0.691 e. The van der Waals surface area contributed by atoms with Crippen LogP contribution < -0.4 is 14.6 Å². The van der Waals surface area contributed by atoms with Crippen LogP contribution in [0, 0.1) is 17.3 Å². The summed E-state index contributed by atoms with van der Waals surface area (Å²) in [6.45, 7) is 1.93. The largest absolute Gasteiger partial charge is 0.691 e. The molecule has 132 valence electrons. The van der Waals surface area contributed by atoms with Crippen molar-refractivity contribution in [1.29, 1.82) is 0 Å². The Morgan fingerprint density at radius 1 is 0.962 bits per heavy atom. The zero-order chi connectivity index (χ0) is 18.7. The Hall–Kier alpha value is -3.62. The van der Waals surface area contributed by atoms with Gasteiger partial charge in [0.15, 0.2) is 11.7 Å². The fraction of sp³-hybridized carbons (Fsp3) is 0.176. The lowest BCUT2D eigenvalue weighted by molar-refractivity contribution is -0.648. The monoisotopic (exact) mass is 351 g/mol. The first kappa shape index (κ1) is 17.2. The maximum Gasteiger partial charge on any atom is 0.292 e. The molecule has 0 amide bonds. The minimum atomic E-state index is 0.418. The number of nitrogens with zero attached hydrogens (tertiary/aromatic N) is 7.